The summed E-state index contributed by atoms with van der Waals surface area (Å²) in [5.41, 5.74) is 8.21. The van der Waals surface area contributed by atoms with Gasteiger partial charge in [0.2, 0.25) is 0 Å². The van der Waals surface area contributed by atoms with Crippen LogP contribution in [0.3, 0.4) is 0 Å². The molecule has 17 heavy (non-hydrogen) atoms. The van der Waals surface area contributed by atoms with Gasteiger partial charge in [0, 0.05) is 6.54 Å². The number of aromatic nitrogens is 2. The molecule has 0 aliphatic rings. The van der Waals surface area contributed by atoms with Gasteiger partial charge in [-0.05, 0) is 54.1 Å². The quantitative estimate of drug-likeness (QED) is 0.878. The van der Waals surface area contributed by atoms with E-state index in [1.165, 1.54) is 10.2 Å². The highest BCUT2D eigenvalue weighted by molar-refractivity contribution is 9.10. The summed E-state index contributed by atoms with van der Waals surface area (Å²) in [6.07, 6.45) is 2.02. The van der Waals surface area contributed by atoms with E-state index in [0.717, 1.165) is 31.6 Å². The second-order valence-corrected chi connectivity index (χ2v) is 5.56. The van der Waals surface area contributed by atoms with Crippen molar-refractivity contribution >= 4 is 15.9 Å². The zero-order valence-corrected chi connectivity index (χ0v) is 12.9. The van der Waals surface area contributed by atoms with Crippen LogP contribution in [0.4, 0.5) is 0 Å². The molecule has 2 N–H and O–H groups in total. The lowest BCUT2D eigenvalue weighted by Gasteiger charge is -2.18. The Labute approximate surface area is 113 Å². The van der Waals surface area contributed by atoms with Crippen LogP contribution < -0.4 is 5.73 Å². The number of hydrogen-bond acceptors (Lipinski definition) is 2. The molecule has 0 aromatic carbocycles. The second kappa shape index (κ2) is 6.55. The van der Waals surface area contributed by atoms with Crippen LogP contribution in [0.15, 0.2) is 4.47 Å². The van der Waals surface area contributed by atoms with Crippen LogP contribution in [0.1, 0.15) is 39.1 Å². The van der Waals surface area contributed by atoms with Gasteiger partial charge in [-0.3, -0.25) is 4.68 Å². The molecule has 0 radical (unpaired) electrons. The van der Waals surface area contributed by atoms with Gasteiger partial charge in [-0.1, -0.05) is 20.8 Å². The van der Waals surface area contributed by atoms with E-state index in [1.807, 2.05) is 0 Å². The molecule has 2 unspecified atom stereocenters. The smallest absolute Gasteiger partial charge is 0.0766 e. The van der Waals surface area contributed by atoms with E-state index >= 15 is 0 Å². The SMILES string of the molecule is CCc1nn(CC)c(CC(C)C(C)CN)c1Br. The molecule has 0 aliphatic heterocycles. The van der Waals surface area contributed by atoms with Crippen molar-refractivity contribution in [3.63, 3.8) is 0 Å². The first-order valence-corrected chi connectivity index (χ1v) is 7.28. The maximum absolute atomic E-state index is 5.73. The molecular weight excluding hydrogens is 278 g/mol. The zero-order chi connectivity index (χ0) is 13.0. The average molecular weight is 302 g/mol. The van der Waals surface area contributed by atoms with Crippen molar-refractivity contribution < 1.29 is 0 Å². The van der Waals surface area contributed by atoms with E-state index in [1.54, 1.807) is 0 Å². The van der Waals surface area contributed by atoms with Gasteiger partial charge in [0.1, 0.15) is 0 Å². The van der Waals surface area contributed by atoms with Gasteiger partial charge in [-0.15, -0.1) is 0 Å². The fourth-order valence-corrected chi connectivity index (χ4v) is 2.68. The van der Waals surface area contributed by atoms with Gasteiger partial charge in [-0.2, -0.15) is 5.10 Å². The lowest BCUT2D eigenvalue weighted by atomic mass is 9.91. The highest BCUT2D eigenvalue weighted by Gasteiger charge is 2.18. The normalized spacial score (nSPS) is 14.9. The van der Waals surface area contributed by atoms with Crippen LogP contribution in [0, 0.1) is 11.8 Å². The van der Waals surface area contributed by atoms with Crippen LogP contribution in [-0.4, -0.2) is 16.3 Å². The van der Waals surface area contributed by atoms with Crippen molar-refractivity contribution in [2.75, 3.05) is 6.54 Å². The van der Waals surface area contributed by atoms with E-state index in [2.05, 4.69) is 53.4 Å². The molecule has 0 spiro atoms. The lowest BCUT2D eigenvalue weighted by Crippen LogP contribution is -2.21. The standard InChI is InChI=1S/C13H24BrN3/c1-5-11-13(14)12(17(6-2)16-11)7-9(3)10(4)8-15/h9-10H,5-8,15H2,1-4H3. The Morgan fingerprint density at radius 2 is 1.94 bits per heavy atom. The zero-order valence-electron chi connectivity index (χ0n) is 11.3. The molecule has 1 heterocycles. The minimum absolute atomic E-state index is 0.548. The van der Waals surface area contributed by atoms with Crippen molar-refractivity contribution in [2.24, 2.45) is 17.6 Å². The predicted octanol–water partition coefficient (Wildman–Crippen LogP) is 3.00. The van der Waals surface area contributed by atoms with Crippen LogP contribution in [0.5, 0.6) is 0 Å². The Morgan fingerprint density at radius 3 is 2.41 bits per heavy atom. The summed E-state index contributed by atoms with van der Waals surface area (Å²) in [6.45, 7) is 10.4. The lowest BCUT2D eigenvalue weighted by molar-refractivity contribution is 0.383. The Hall–Kier alpha value is -0.350. The number of aryl methyl sites for hydroxylation is 2. The highest BCUT2D eigenvalue weighted by Crippen LogP contribution is 2.26. The van der Waals surface area contributed by atoms with Gasteiger partial charge in [0.25, 0.3) is 0 Å². The van der Waals surface area contributed by atoms with Crippen LogP contribution >= 0.6 is 15.9 Å². The fourth-order valence-electron chi connectivity index (χ4n) is 1.95. The Kier molecular flexibility index (Phi) is 5.67. The second-order valence-electron chi connectivity index (χ2n) is 4.77. The molecule has 0 saturated carbocycles. The van der Waals surface area contributed by atoms with Gasteiger partial charge >= 0.3 is 0 Å². The first kappa shape index (κ1) is 14.7. The average Bonchev–Trinajstić information content (AvgIpc) is 2.65. The topological polar surface area (TPSA) is 43.8 Å². The first-order chi connectivity index (χ1) is 8.04. The number of hydrogen-bond donors (Lipinski definition) is 1. The molecule has 1 rings (SSSR count). The number of rotatable bonds is 6. The molecule has 2 atom stereocenters. The van der Waals surface area contributed by atoms with Crippen molar-refractivity contribution in [1.82, 2.24) is 9.78 Å². The Morgan fingerprint density at radius 1 is 1.29 bits per heavy atom. The Bertz CT molecular complexity index is 360. The van der Waals surface area contributed by atoms with Gasteiger partial charge < -0.3 is 5.73 Å². The number of halogens is 1. The third-order valence-electron chi connectivity index (χ3n) is 3.55. The molecule has 0 amide bonds. The first-order valence-electron chi connectivity index (χ1n) is 6.49. The van der Waals surface area contributed by atoms with Crippen molar-refractivity contribution in [3.05, 3.63) is 15.9 Å². The molecule has 0 bridgehead atoms. The summed E-state index contributed by atoms with van der Waals surface area (Å²) in [4.78, 5) is 0. The van der Waals surface area contributed by atoms with Gasteiger partial charge in [-0.25, -0.2) is 0 Å². The maximum Gasteiger partial charge on any atom is 0.0766 e. The number of nitrogens with two attached hydrogens (primary N) is 1. The number of nitrogens with zero attached hydrogens (tertiary/aromatic N) is 2. The third-order valence-corrected chi connectivity index (χ3v) is 4.47. The van der Waals surface area contributed by atoms with Crippen LogP contribution in [0.25, 0.3) is 0 Å². The van der Waals surface area contributed by atoms with E-state index in [-0.39, 0.29) is 0 Å². The largest absolute Gasteiger partial charge is 0.330 e. The molecule has 1 aromatic heterocycles. The summed E-state index contributed by atoms with van der Waals surface area (Å²) in [6, 6.07) is 0. The van der Waals surface area contributed by atoms with Crippen molar-refractivity contribution in [2.45, 2.75) is 47.1 Å². The summed E-state index contributed by atoms with van der Waals surface area (Å²) in [7, 11) is 0. The minimum Gasteiger partial charge on any atom is -0.330 e. The molecule has 1 aromatic rings. The van der Waals surface area contributed by atoms with Crippen LogP contribution in [-0.2, 0) is 19.4 Å². The predicted molar refractivity (Wildman–Crippen MR) is 76.1 cm³/mol. The summed E-state index contributed by atoms with van der Waals surface area (Å²) in [5, 5.41) is 4.62. The summed E-state index contributed by atoms with van der Waals surface area (Å²) < 4.78 is 3.31. The van der Waals surface area contributed by atoms with Gasteiger partial charge in [0.05, 0.1) is 15.9 Å². The Balaban J connectivity index is 2.92. The highest BCUT2D eigenvalue weighted by atomic mass is 79.9. The molecule has 3 nitrogen and oxygen atoms in total. The third kappa shape index (κ3) is 3.32. The molecule has 98 valence electrons. The monoisotopic (exact) mass is 301 g/mol. The van der Waals surface area contributed by atoms with Crippen molar-refractivity contribution in [3.8, 4) is 0 Å². The van der Waals surface area contributed by atoms with Crippen LogP contribution in [0.2, 0.25) is 0 Å². The van der Waals surface area contributed by atoms with Gasteiger partial charge in [0.15, 0.2) is 0 Å². The maximum atomic E-state index is 5.73. The van der Waals surface area contributed by atoms with E-state index in [9.17, 15) is 0 Å². The van der Waals surface area contributed by atoms with Crippen molar-refractivity contribution in [1.29, 1.82) is 0 Å². The van der Waals surface area contributed by atoms with E-state index < -0.39 is 0 Å². The molecule has 4 heteroatoms. The fraction of sp³-hybridized carbons (Fsp3) is 0.769. The van der Waals surface area contributed by atoms with E-state index in [0.29, 0.717) is 11.8 Å². The summed E-state index contributed by atoms with van der Waals surface area (Å²) >= 11 is 3.69. The molecular formula is C13H24BrN3. The molecule has 0 fully saturated rings. The summed E-state index contributed by atoms with van der Waals surface area (Å²) in [5.74, 6) is 1.13. The molecule has 0 aliphatic carbocycles. The van der Waals surface area contributed by atoms with E-state index in [4.69, 9.17) is 5.73 Å². The molecule has 0 saturated heterocycles. The minimum atomic E-state index is 0.548.